The molecule has 0 aromatic carbocycles. The Morgan fingerprint density at radius 3 is 2.12 bits per heavy atom. The third kappa shape index (κ3) is 3.77. The van der Waals surface area contributed by atoms with Gasteiger partial charge in [0.1, 0.15) is 0 Å². The van der Waals surface area contributed by atoms with Crippen molar-refractivity contribution < 1.29 is 18.3 Å². The van der Waals surface area contributed by atoms with E-state index in [1.54, 1.807) is 0 Å². The highest BCUT2D eigenvalue weighted by molar-refractivity contribution is 7.92. The lowest BCUT2D eigenvalue weighted by Gasteiger charge is -2.30. The summed E-state index contributed by atoms with van der Waals surface area (Å²) in [6.07, 6.45) is 2.17. The second-order valence-corrected chi connectivity index (χ2v) is 7.45. The largest absolute Gasteiger partial charge is 0.481 e. The molecule has 1 saturated carbocycles. The van der Waals surface area contributed by atoms with Crippen LogP contribution in [0, 0.1) is 11.8 Å². The molecule has 0 heterocycles. The van der Waals surface area contributed by atoms with Gasteiger partial charge in [0, 0.05) is 0 Å². The Labute approximate surface area is 97.0 Å². The van der Waals surface area contributed by atoms with Crippen molar-refractivity contribution in [3.63, 3.8) is 0 Å². The maximum absolute atomic E-state index is 11.9. The Kier molecular flexibility index (Phi) is 4.35. The average Bonchev–Trinajstić information content (AvgIpc) is 2.13. The van der Waals surface area contributed by atoms with E-state index in [0.29, 0.717) is 24.7 Å². The molecule has 1 N–H and O–H groups in total. The molecule has 0 amide bonds. The lowest BCUT2D eigenvalue weighted by molar-refractivity contribution is -0.136. The summed E-state index contributed by atoms with van der Waals surface area (Å²) in [5.41, 5.74) is 0. The van der Waals surface area contributed by atoms with Gasteiger partial charge in [-0.15, -0.1) is 0 Å². The predicted molar refractivity (Wildman–Crippen MR) is 62.0 cm³/mol. The van der Waals surface area contributed by atoms with Crippen LogP contribution in [-0.2, 0) is 14.6 Å². The molecular weight excluding hydrogens is 228 g/mol. The van der Waals surface area contributed by atoms with Gasteiger partial charge in [-0.3, -0.25) is 4.79 Å². The van der Waals surface area contributed by atoms with Gasteiger partial charge in [-0.05, 0) is 31.1 Å². The third-order valence-electron chi connectivity index (χ3n) is 3.24. The molecule has 1 fully saturated rings. The molecule has 0 spiro atoms. The van der Waals surface area contributed by atoms with E-state index >= 15 is 0 Å². The molecule has 2 unspecified atom stereocenters. The standard InChI is InChI=1S/C11H20O4S/c1-8-5-9(2)7-10(6-8)16(14,15)4-3-11(12)13/h8-10H,3-7H2,1-2H3,(H,12,13). The van der Waals surface area contributed by atoms with Gasteiger partial charge in [0.05, 0.1) is 17.4 Å². The zero-order valence-electron chi connectivity index (χ0n) is 9.85. The van der Waals surface area contributed by atoms with Crippen LogP contribution in [0.5, 0.6) is 0 Å². The highest BCUT2D eigenvalue weighted by atomic mass is 32.2. The Balaban J connectivity index is 2.64. The average molecular weight is 248 g/mol. The number of sulfone groups is 1. The SMILES string of the molecule is CC1CC(C)CC(S(=O)(=O)CCC(=O)O)C1. The van der Waals surface area contributed by atoms with E-state index in [4.69, 9.17) is 5.11 Å². The van der Waals surface area contributed by atoms with E-state index < -0.39 is 15.8 Å². The van der Waals surface area contributed by atoms with Crippen molar-refractivity contribution in [3.05, 3.63) is 0 Å². The van der Waals surface area contributed by atoms with Crippen molar-refractivity contribution in [2.24, 2.45) is 11.8 Å². The first-order valence-corrected chi connectivity index (χ1v) is 7.46. The van der Waals surface area contributed by atoms with Crippen molar-refractivity contribution in [3.8, 4) is 0 Å². The third-order valence-corrected chi connectivity index (χ3v) is 5.42. The molecule has 5 heteroatoms. The molecule has 1 rings (SSSR count). The topological polar surface area (TPSA) is 71.4 Å². The normalized spacial score (nSPS) is 31.2. The van der Waals surface area contributed by atoms with Crippen LogP contribution in [0.3, 0.4) is 0 Å². The van der Waals surface area contributed by atoms with Crippen molar-refractivity contribution in [1.82, 2.24) is 0 Å². The van der Waals surface area contributed by atoms with Gasteiger partial charge in [0.25, 0.3) is 0 Å². The van der Waals surface area contributed by atoms with Gasteiger partial charge in [-0.1, -0.05) is 13.8 Å². The van der Waals surface area contributed by atoms with Crippen molar-refractivity contribution in [2.45, 2.75) is 44.8 Å². The summed E-state index contributed by atoms with van der Waals surface area (Å²) >= 11 is 0. The fourth-order valence-electron chi connectivity index (χ4n) is 2.56. The Morgan fingerprint density at radius 2 is 1.69 bits per heavy atom. The number of carbonyl (C=O) groups is 1. The zero-order chi connectivity index (χ0) is 12.3. The monoisotopic (exact) mass is 248 g/mol. The minimum absolute atomic E-state index is 0.216. The Morgan fingerprint density at radius 1 is 1.19 bits per heavy atom. The number of hydrogen-bond acceptors (Lipinski definition) is 3. The first kappa shape index (κ1) is 13.5. The van der Waals surface area contributed by atoms with E-state index in [1.807, 2.05) is 0 Å². The number of hydrogen-bond donors (Lipinski definition) is 1. The Hall–Kier alpha value is -0.580. The summed E-state index contributed by atoms with van der Waals surface area (Å²) in [7, 11) is -3.23. The molecule has 0 saturated heterocycles. The fourth-order valence-corrected chi connectivity index (χ4v) is 4.60. The van der Waals surface area contributed by atoms with Crippen LogP contribution in [0.15, 0.2) is 0 Å². The van der Waals surface area contributed by atoms with Crippen molar-refractivity contribution in [1.29, 1.82) is 0 Å². The first-order chi connectivity index (χ1) is 7.31. The van der Waals surface area contributed by atoms with E-state index in [1.165, 1.54) is 0 Å². The molecule has 0 bridgehead atoms. The number of carboxylic acids is 1. The summed E-state index contributed by atoms with van der Waals surface area (Å²) < 4.78 is 23.8. The van der Waals surface area contributed by atoms with Crippen LogP contribution in [0.2, 0.25) is 0 Å². The number of aliphatic carboxylic acids is 1. The molecule has 16 heavy (non-hydrogen) atoms. The molecular formula is C11H20O4S. The Bertz CT molecular complexity index is 337. The van der Waals surface area contributed by atoms with E-state index in [2.05, 4.69) is 13.8 Å². The second-order valence-electron chi connectivity index (χ2n) is 5.05. The predicted octanol–water partition coefficient (Wildman–Crippen LogP) is 1.70. The van der Waals surface area contributed by atoms with Gasteiger partial charge in [0.15, 0.2) is 9.84 Å². The summed E-state index contributed by atoms with van der Waals surface area (Å²) in [5.74, 6) is -0.408. The molecule has 4 nitrogen and oxygen atoms in total. The summed E-state index contributed by atoms with van der Waals surface area (Å²) in [4.78, 5) is 10.4. The van der Waals surface area contributed by atoms with E-state index in [9.17, 15) is 13.2 Å². The van der Waals surface area contributed by atoms with Crippen LogP contribution < -0.4 is 0 Å². The minimum Gasteiger partial charge on any atom is -0.481 e. The van der Waals surface area contributed by atoms with Crippen LogP contribution in [-0.4, -0.2) is 30.5 Å². The quantitative estimate of drug-likeness (QED) is 0.822. The molecule has 2 atom stereocenters. The summed E-state index contributed by atoms with van der Waals surface area (Å²) in [5, 5.41) is 8.19. The van der Waals surface area contributed by atoms with E-state index in [-0.39, 0.29) is 17.4 Å². The highest BCUT2D eigenvalue weighted by Crippen LogP contribution is 2.32. The first-order valence-electron chi connectivity index (χ1n) is 5.74. The van der Waals surface area contributed by atoms with Crippen LogP contribution in [0.4, 0.5) is 0 Å². The van der Waals surface area contributed by atoms with Crippen LogP contribution >= 0.6 is 0 Å². The molecule has 1 aliphatic carbocycles. The molecule has 1 aliphatic rings. The second kappa shape index (κ2) is 5.17. The minimum atomic E-state index is -3.23. The van der Waals surface area contributed by atoms with Crippen LogP contribution in [0.1, 0.15) is 39.5 Å². The van der Waals surface area contributed by atoms with Gasteiger partial charge in [-0.2, -0.15) is 0 Å². The van der Waals surface area contributed by atoms with Crippen LogP contribution in [0.25, 0.3) is 0 Å². The van der Waals surface area contributed by atoms with Crippen molar-refractivity contribution in [2.75, 3.05) is 5.75 Å². The molecule has 0 aromatic rings. The molecule has 94 valence electrons. The summed E-state index contributed by atoms with van der Waals surface area (Å²) in [6, 6.07) is 0. The lowest BCUT2D eigenvalue weighted by Crippen LogP contribution is -2.33. The van der Waals surface area contributed by atoms with Gasteiger partial charge < -0.3 is 5.11 Å². The highest BCUT2D eigenvalue weighted by Gasteiger charge is 2.33. The van der Waals surface area contributed by atoms with Gasteiger partial charge in [0.2, 0.25) is 0 Å². The van der Waals surface area contributed by atoms with E-state index in [0.717, 1.165) is 6.42 Å². The zero-order valence-corrected chi connectivity index (χ0v) is 10.7. The maximum atomic E-state index is 11.9. The van der Waals surface area contributed by atoms with Gasteiger partial charge in [-0.25, -0.2) is 8.42 Å². The molecule has 0 aromatic heterocycles. The lowest BCUT2D eigenvalue weighted by atomic mass is 9.83. The number of rotatable bonds is 4. The smallest absolute Gasteiger partial charge is 0.304 e. The van der Waals surface area contributed by atoms with Gasteiger partial charge >= 0.3 is 5.97 Å². The fraction of sp³-hybridized carbons (Fsp3) is 0.909. The molecule has 0 aliphatic heterocycles. The van der Waals surface area contributed by atoms with Crippen molar-refractivity contribution >= 4 is 15.8 Å². The molecule has 0 radical (unpaired) electrons. The number of carboxylic acid groups (broad SMARTS) is 1. The maximum Gasteiger partial charge on any atom is 0.304 e. The summed E-state index contributed by atoms with van der Waals surface area (Å²) in [6.45, 7) is 4.13.